The molecule has 1 N–H and O–H groups in total. The van der Waals surface area contributed by atoms with Crippen molar-refractivity contribution < 1.29 is 14.3 Å². The molecule has 0 saturated carbocycles. The molecule has 4 nitrogen and oxygen atoms in total. The number of ether oxygens (including phenoxy) is 2. The molecule has 0 aliphatic heterocycles. The van der Waals surface area contributed by atoms with Crippen molar-refractivity contribution in [3.63, 3.8) is 0 Å². The fraction of sp³-hybridized carbons (Fsp3) is 0.417. The topological polar surface area (TPSA) is 47.6 Å². The smallest absolute Gasteiger partial charge is 0.305 e. The summed E-state index contributed by atoms with van der Waals surface area (Å²) in [6, 6.07) is 7.68. The molecule has 0 unspecified atom stereocenters. The van der Waals surface area contributed by atoms with Crippen LogP contribution in [0.2, 0.25) is 0 Å². The molecular weight excluding hydrogens is 206 g/mol. The van der Waals surface area contributed by atoms with Crippen LogP contribution in [0, 0.1) is 0 Å². The van der Waals surface area contributed by atoms with Gasteiger partial charge < -0.3 is 14.8 Å². The molecule has 1 rings (SSSR count). The summed E-state index contributed by atoms with van der Waals surface area (Å²) in [4.78, 5) is 10.9. The van der Waals surface area contributed by atoms with Gasteiger partial charge >= 0.3 is 5.97 Å². The Morgan fingerprint density at radius 3 is 2.88 bits per heavy atom. The van der Waals surface area contributed by atoms with Crippen LogP contribution in [0.15, 0.2) is 24.3 Å². The van der Waals surface area contributed by atoms with Gasteiger partial charge in [0.05, 0.1) is 14.2 Å². The van der Waals surface area contributed by atoms with Crippen LogP contribution in [-0.2, 0) is 9.53 Å². The van der Waals surface area contributed by atoms with E-state index in [-0.39, 0.29) is 5.97 Å². The molecule has 0 saturated heterocycles. The third kappa shape index (κ3) is 4.21. The Balaban J connectivity index is 2.28. The minimum absolute atomic E-state index is 0.174. The van der Waals surface area contributed by atoms with E-state index in [9.17, 15) is 4.79 Å². The lowest BCUT2D eigenvalue weighted by Gasteiger charge is -2.07. The molecule has 0 aliphatic rings. The average Bonchev–Trinajstić information content (AvgIpc) is 2.34. The molecule has 16 heavy (non-hydrogen) atoms. The highest BCUT2D eigenvalue weighted by Crippen LogP contribution is 2.16. The first-order valence-corrected chi connectivity index (χ1v) is 5.21. The summed E-state index contributed by atoms with van der Waals surface area (Å²) in [5, 5.41) is 3.21. The summed E-state index contributed by atoms with van der Waals surface area (Å²) in [5.74, 6) is 0.644. The Hall–Kier alpha value is -1.71. The molecule has 1 aromatic rings. The lowest BCUT2D eigenvalue weighted by Crippen LogP contribution is -2.06. The van der Waals surface area contributed by atoms with Gasteiger partial charge in [-0.15, -0.1) is 0 Å². The van der Waals surface area contributed by atoms with E-state index < -0.39 is 0 Å². The van der Waals surface area contributed by atoms with Crippen LogP contribution in [0.5, 0.6) is 5.75 Å². The van der Waals surface area contributed by atoms with Crippen molar-refractivity contribution in [2.45, 2.75) is 12.8 Å². The number of benzene rings is 1. The van der Waals surface area contributed by atoms with Crippen LogP contribution in [0.25, 0.3) is 0 Å². The minimum atomic E-state index is -0.174. The zero-order chi connectivity index (χ0) is 11.8. The molecule has 1 aromatic carbocycles. The maximum Gasteiger partial charge on any atom is 0.305 e. The van der Waals surface area contributed by atoms with Gasteiger partial charge in [0.1, 0.15) is 5.75 Å². The van der Waals surface area contributed by atoms with Crippen LogP contribution in [0.4, 0.5) is 5.69 Å². The summed E-state index contributed by atoms with van der Waals surface area (Å²) in [6.07, 6.45) is 1.19. The second-order valence-corrected chi connectivity index (χ2v) is 3.34. The number of anilines is 1. The lowest BCUT2D eigenvalue weighted by atomic mass is 10.2. The van der Waals surface area contributed by atoms with Gasteiger partial charge in [-0.25, -0.2) is 0 Å². The second kappa shape index (κ2) is 6.71. The zero-order valence-electron chi connectivity index (χ0n) is 9.66. The van der Waals surface area contributed by atoms with E-state index in [2.05, 4.69) is 10.1 Å². The van der Waals surface area contributed by atoms with Crippen molar-refractivity contribution in [1.29, 1.82) is 0 Å². The molecule has 0 bridgehead atoms. The summed E-state index contributed by atoms with van der Waals surface area (Å²) >= 11 is 0. The van der Waals surface area contributed by atoms with E-state index in [4.69, 9.17) is 4.74 Å². The van der Waals surface area contributed by atoms with E-state index in [1.807, 2.05) is 24.3 Å². The van der Waals surface area contributed by atoms with E-state index in [1.54, 1.807) is 7.11 Å². The predicted molar refractivity (Wildman–Crippen MR) is 62.7 cm³/mol. The van der Waals surface area contributed by atoms with Gasteiger partial charge in [0.2, 0.25) is 0 Å². The number of carbonyl (C=O) groups excluding carboxylic acids is 1. The zero-order valence-corrected chi connectivity index (χ0v) is 9.66. The van der Waals surface area contributed by atoms with Gasteiger partial charge in [0.25, 0.3) is 0 Å². The molecule has 0 radical (unpaired) electrons. The molecule has 0 amide bonds. The van der Waals surface area contributed by atoms with Gasteiger partial charge in [0, 0.05) is 24.7 Å². The van der Waals surface area contributed by atoms with Crippen molar-refractivity contribution in [2.75, 3.05) is 26.1 Å². The normalized spacial score (nSPS) is 9.62. The Bertz CT molecular complexity index is 339. The number of hydrogen-bond donors (Lipinski definition) is 1. The van der Waals surface area contributed by atoms with Crippen molar-refractivity contribution in [3.05, 3.63) is 24.3 Å². The van der Waals surface area contributed by atoms with Crippen LogP contribution < -0.4 is 10.1 Å². The molecule has 0 heterocycles. The standard InChI is InChI=1S/C12H17NO3/c1-15-11-6-3-5-10(9-11)13-8-4-7-12(14)16-2/h3,5-6,9,13H,4,7-8H2,1-2H3. The van der Waals surface area contributed by atoms with Gasteiger partial charge in [-0.3, -0.25) is 4.79 Å². The van der Waals surface area contributed by atoms with Crippen molar-refractivity contribution in [3.8, 4) is 5.75 Å². The summed E-state index contributed by atoms with van der Waals surface area (Å²) in [5.41, 5.74) is 0.990. The van der Waals surface area contributed by atoms with Crippen molar-refractivity contribution in [2.24, 2.45) is 0 Å². The number of esters is 1. The molecule has 0 aromatic heterocycles. The molecule has 0 aliphatic carbocycles. The highest BCUT2D eigenvalue weighted by atomic mass is 16.5. The molecule has 0 fully saturated rings. The first-order valence-electron chi connectivity index (χ1n) is 5.21. The largest absolute Gasteiger partial charge is 0.497 e. The predicted octanol–water partition coefficient (Wildman–Crippen LogP) is 2.06. The third-order valence-corrected chi connectivity index (χ3v) is 2.18. The van der Waals surface area contributed by atoms with Crippen LogP contribution in [0.1, 0.15) is 12.8 Å². The van der Waals surface area contributed by atoms with Crippen LogP contribution >= 0.6 is 0 Å². The van der Waals surface area contributed by atoms with E-state index >= 15 is 0 Å². The van der Waals surface area contributed by atoms with Crippen LogP contribution in [-0.4, -0.2) is 26.7 Å². The van der Waals surface area contributed by atoms with E-state index in [0.717, 1.165) is 24.4 Å². The first-order chi connectivity index (χ1) is 7.76. The van der Waals surface area contributed by atoms with Gasteiger partial charge in [-0.1, -0.05) is 6.07 Å². The molecule has 4 heteroatoms. The second-order valence-electron chi connectivity index (χ2n) is 3.34. The number of carbonyl (C=O) groups is 1. The highest BCUT2D eigenvalue weighted by Gasteiger charge is 1.99. The van der Waals surface area contributed by atoms with E-state index in [1.165, 1.54) is 7.11 Å². The SMILES string of the molecule is COC(=O)CCCNc1cccc(OC)c1. The minimum Gasteiger partial charge on any atom is -0.497 e. The maximum absolute atomic E-state index is 10.9. The summed E-state index contributed by atoms with van der Waals surface area (Å²) < 4.78 is 9.65. The first kappa shape index (κ1) is 12.4. The molecular formula is C12H17NO3. The Labute approximate surface area is 95.6 Å². The highest BCUT2D eigenvalue weighted by molar-refractivity contribution is 5.69. The molecule has 0 spiro atoms. The van der Waals surface area contributed by atoms with Crippen molar-refractivity contribution in [1.82, 2.24) is 0 Å². The number of methoxy groups -OCH3 is 2. The summed E-state index contributed by atoms with van der Waals surface area (Å²) in [6.45, 7) is 0.738. The van der Waals surface area contributed by atoms with Gasteiger partial charge in [0.15, 0.2) is 0 Å². The monoisotopic (exact) mass is 223 g/mol. The molecule has 0 atom stereocenters. The molecule has 88 valence electrons. The lowest BCUT2D eigenvalue weighted by molar-refractivity contribution is -0.140. The number of hydrogen-bond acceptors (Lipinski definition) is 4. The summed E-state index contributed by atoms with van der Waals surface area (Å²) in [7, 11) is 3.04. The Morgan fingerprint density at radius 2 is 2.19 bits per heavy atom. The van der Waals surface area contributed by atoms with Crippen LogP contribution in [0.3, 0.4) is 0 Å². The van der Waals surface area contributed by atoms with Crippen molar-refractivity contribution >= 4 is 11.7 Å². The van der Waals surface area contributed by atoms with E-state index in [0.29, 0.717) is 6.42 Å². The quantitative estimate of drug-likeness (QED) is 0.592. The fourth-order valence-corrected chi connectivity index (χ4v) is 1.30. The van der Waals surface area contributed by atoms with Gasteiger partial charge in [-0.05, 0) is 18.6 Å². The Morgan fingerprint density at radius 1 is 1.38 bits per heavy atom. The van der Waals surface area contributed by atoms with Gasteiger partial charge in [-0.2, -0.15) is 0 Å². The maximum atomic E-state index is 10.9. The number of nitrogens with one attached hydrogen (secondary N) is 1. The number of rotatable bonds is 6. The average molecular weight is 223 g/mol. The fourth-order valence-electron chi connectivity index (χ4n) is 1.30. The third-order valence-electron chi connectivity index (χ3n) is 2.18. The Kier molecular flexibility index (Phi) is 5.19.